The number of fused-ring (bicyclic) bond motifs is 2. The maximum absolute atomic E-state index is 13.2. The maximum atomic E-state index is 13.2. The Hall–Kier alpha value is -2.04. The van der Waals surface area contributed by atoms with Crippen molar-refractivity contribution >= 4 is 12.5 Å². The van der Waals surface area contributed by atoms with E-state index in [1.54, 1.807) is 0 Å². The van der Waals surface area contributed by atoms with E-state index in [0.29, 0.717) is 19.1 Å². The summed E-state index contributed by atoms with van der Waals surface area (Å²) >= 11 is 0. The Kier molecular flexibility index (Phi) is 4.77. The molecule has 1 N–H and O–H groups in total. The number of urea groups is 1. The fraction of sp³-hybridized carbons (Fsp3) is 0.692. The van der Waals surface area contributed by atoms with Gasteiger partial charge in [-0.15, -0.1) is 0 Å². The molecule has 166 valence electrons. The molecule has 7 rings (SSSR count). The minimum absolute atomic E-state index is 0.118. The minimum atomic E-state index is 0.118. The molecule has 4 bridgehead atoms. The minimum Gasteiger partial charge on any atom is -0.467 e. The summed E-state index contributed by atoms with van der Waals surface area (Å²) in [5, 5.41) is 3.49. The number of piperidine rings is 1. The molecule has 2 amide bonds. The highest BCUT2D eigenvalue weighted by Gasteiger charge is 2.50. The second-order valence-corrected chi connectivity index (χ2v) is 11.1. The summed E-state index contributed by atoms with van der Waals surface area (Å²) < 4.78 is 5.14. The molecule has 4 saturated carbocycles. The molecule has 0 radical (unpaired) electrons. The highest BCUT2D eigenvalue weighted by molar-refractivity contribution is 5.75. The van der Waals surface area contributed by atoms with Gasteiger partial charge in [0.25, 0.3) is 6.47 Å². The third kappa shape index (κ3) is 3.27. The first-order chi connectivity index (χ1) is 15.1. The van der Waals surface area contributed by atoms with E-state index in [-0.39, 0.29) is 17.4 Å². The number of hydrogen-bond donors (Lipinski definition) is 1. The molecule has 5 aliphatic carbocycles. The van der Waals surface area contributed by atoms with Crippen LogP contribution in [-0.2, 0) is 14.9 Å². The molecule has 5 nitrogen and oxygen atoms in total. The number of carbonyl (C=O) groups excluding carboxylic acids is 2. The van der Waals surface area contributed by atoms with Crippen molar-refractivity contribution in [3.8, 4) is 0 Å². The van der Waals surface area contributed by atoms with Crippen LogP contribution in [0.2, 0.25) is 0 Å². The molecule has 1 spiro atoms. The zero-order chi connectivity index (χ0) is 21.0. The molecule has 1 aromatic carbocycles. The van der Waals surface area contributed by atoms with Crippen molar-refractivity contribution in [1.29, 1.82) is 0 Å². The Morgan fingerprint density at radius 2 is 1.74 bits per heavy atom. The van der Waals surface area contributed by atoms with Crippen molar-refractivity contribution in [2.75, 3.05) is 19.7 Å². The van der Waals surface area contributed by atoms with Gasteiger partial charge in [-0.05, 0) is 91.6 Å². The highest BCUT2D eigenvalue weighted by Crippen LogP contribution is 2.54. The van der Waals surface area contributed by atoms with Gasteiger partial charge in [-0.1, -0.05) is 24.3 Å². The lowest BCUT2D eigenvalue weighted by molar-refractivity contribution is -0.129. The van der Waals surface area contributed by atoms with Crippen molar-refractivity contribution in [1.82, 2.24) is 10.2 Å². The lowest BCUT2D eigenvalue weighted by Gasteiger charge is -2.54. The first-order valence-electron chi connectivity index (χ1n) is 12.4. The molecule has 6 aliphatic rings. The summed E-state index contributed by atoms with van der Waals surface area (Å²) in [6.45, 7) is 2.65. The molecule has 31 heavy (non-hydrogen) atoms. The summed E-state index contributed by atoms with van der Waals surface area (Å²) in [5.74, 6) is 3.58. The SMILES string of the molecule is O=COCC1CC2(CCN(C(=O)NC3C4CC5CC(C4)CC3C5)CC2)c2ccccc21. The number of likely N-dealkylation sites (tertiary alicyclic amines) is 1. The van der Waals surface area contributed by atoms with Gasteiger partial charge in [-0.3, -0.25) is 4.79 Å². The molecule has 1 aromatic rings. The summed E-state index contributed by atoms with van der Waals surface area (Å²) in [5.41, 5.74) is 2.86. The van der Waals surface area contributed by atoms with E-state index in [1.807, 2.05) is 0 Å². The normalized spacial score (nSPS) is 37.0. The monoisotopic (exact) mass is 422 g/mol. The van der Waals surface area contributed by atoms with E-state index in [0.717, 1.165) is 56.0 Å². The largest absolute Gasteiger partial charge is 0.467 e. The van der Waals surface area contributed by atoms with Crippen molar-refractivity contribution in [3.05, 3.63) is 35.4 Å². The van der Waals surface area contributed by atoms with Gasteiger partial charge < -0.3 is 15.0 Å². The van der Waals surface area contributed by atoms with E-state index in [2.05, 4.69) is 34.5 Å². The summed E-state index contributed by atoms with van der Waals surface area (Å²) in [4.78, 5) is 26.0. The van der Waals surface area contributed by atoms with Gasteiger partial charge in [-0.2, -0.15) is 0 Å². The number of nitrogens with one attached hydrogen (secondary N) is 1. The van der Waals surface area contributed by atoms with Gasteiger partial charge in [0.15, 0.2) is 0 Å². The van der Waals surface area contributed by atoms with Crippen LogP contribution in [0.4, 0.5) is 4.79 Å². The number of hydrogen-bond acceptors (Lipinski definition) is 3. The highest BCUT2D eigenvalue weighted by atomic mass is 16.5. The number of ether oxygens (including phenoxy) is 1. The lowest BCUT2D eigenvalue weighted by atomic mass is 9.54. The zero-order valence-electron chi connectivity index (χ0n) is 18.3. The van der Waals surface area contributed by atoms with Gasteiger partial charge in [0.05, 0.1) is 6.61 Å². The van der Waals surface area contributed by atoms with Gasteiger partial charge in [0, 0.05) is 25.0 Å². The Bertz CT molecular complexity index is 832. The van der Waals surface area contributed by atoms with E-state index in [1.165, 1.54) is 43.2 Å². The van der Waals surface area contributed by atoms with Crippen LogP contribution in [0.3, 0.4) is 0 Å². The number of benzene rings is 1. The standard InChI is InChI=1S/C26H34N2O3/c29-16-31-15-21-14-26(23-4-2-1-3-22(21)23)5-7-28(8-6-26)25(30)27-24-19-10-17-9-18(12-19)13-20(24)11-17/h1-4,16-21,24H,5-15H2,(H,27,30). The van der Waals surface area contributed by atoms with Crippen LogP contribution in [0.5, 0.6) is 0 Å². The average Bonchev–Trinajstić information content (AvgIpc) is 3.08. The first kappa shape index (κ1) is 19.6. The molecular formula is C26H34N2O3. The molecule has 1 aliphatic heterocycles. The van der Waals surface area contributed by atoms with E-state index in [9.17, 15) is 9.59 Å². The second-order valence-electron chi connectivity index (χ2n) is 11.1. The molecule has 5 fully saturated rings. The van der Waals surface area contributed by atoms with E-state index in [4.69, 9.17) is 4.74 Å². The molecular weight excluding hydrogens is 388 g/mol. The molecule has 0 aromatic heterocycles. The first-order valence-corrected chi connectivity index (χ1v) is 12.4. The van der Waals surface area contributed by atoms with Crippen molar-refractivity contribution < 1.29 is 14.3 Å². The summed E-state index contributed by atoms with van der Waals surface area (Å²) in [6.07, 6.45) is 9.80. The van der Waals surface area contributed by atoms with Gasteiger partial charge in [-0.25, -0.2) is 4.79 Å². The van der Waals surface area contributed by atoms with Crippen LogP contribution in [0, 0.1) is 23.7 Å². The molecule has 1 atom stereocenters. The number of rotatable bonds is 4. The van der Waals surface area contributed by atoms with Crippen LogP contribution in [-0.4, -0.2) is 43.1 Å². The number of carbonyl (C=O) groups is 2. The van der Waals surface area contributed by atoms with Crippen LogP contribution in [0.25, 0.3) is 0 Å². The number of nitrogens with zero attached hydrogens (tertiary/aromatic N) is 1. The summed E-state index contributed by atoms with van der Waals surface area (Å²) in [7, 11) is 0. The third-order valence-corrected chi connectivity index (χ3v) is 9.50. The van der Waals surface area contributed by atoms with E-state index < -0.39 is 0 Å². The van der Waals surface area contributed by atoms with Crippen molar-refractivity contribution in [3.63, 3.8) is 0 Å². The maximum Gasteiger partial charge on any atom is 0.317 e. The lowest BCUT2D eigenvalue weighted by Crippen LogP contribution is -2.59. The Labute approximate surface area is 184 Å². The Balaban J connectivity index is 1.11. The van der Waals surface area contributed by atoms with Gasteiger partial charge in [0.1, 0.15) is 0 Å². The predicted molar refractivity (Wildman–Crippen MR) is 118 cm³/mol. The fourth-order valence-corrected chi connectivity index (χ4v) is 8.34. The van der Waals surface area contributed by atoms with Gasteiger partial charge >= 0.3 is 6.03 Å². The molecule has 1 saturated heterocycles. The van der Waals surface area contributed by atoms with Crippen LogP contribution in [0.15, 0.2) is 24.3 Å². The molecule has 1 unspecified atom stereocenters. The predicted octanol–water partition coefficient (Wildman–Crippen LogP) is 4.21. The third-order valence-electron chi connectivity index (χ3n) is 9.50. The van der Waals surface area contributed by atoms with Crippen LogP contribution in [0.1, 0.15) is 68.4 Å². The average molecular weight is 423 g/mol. The Morgan fingerprint density at radius 1 is 1.06 bits per heavy atom. The van der Waals surface area contributed by atoms with Crippen LogP contribution < -0.4 is 5.32 Å². The summed E-state index contributed by atoms with van der Waals surface area (Å²) in [6, 6.07) is 9.22. The van der Waals surface area contributed by atoms with E-state index >= 15 is 0 Å². The quantitative estimate of drug-likeness (QED) is 0.740. The Morgan fingerprint density at radius 3 is 2.42 bits per heavy atom. The fourth-order valence-electron chi connectivity index (χ4n) is 8.34. The zero-order valence-corrected chi connectivity index (χ0v) is 18.3. The topological polar surface area (TPSA) is 58.6 Å². The number of amides is 2. The molecule has 5 heteroatoms. The van der Waals surface area contributed by atoms with Crippen molar-refractivity contribution in [2.45, 2.75) is 68.7 Å². The molecule has 1 heterocycles. The van der Waals surface area contributed by atoms with Gasteiger partial charge in [0.2, 0.25) is 0 Å². The van der Waals surface area contributed by atoms with Crippen LogP contribution >= 0.6 is 0 Å². The second kappa shape index (κ2) is 7.53. The smallest absolute Gasteiger partial charge is 0.317 e. The van der Waals surface area contributed by atoms with Crippen molar-refractivity contribution in [2.24, 2.45) is 23.7 Å².